The molecule has 5 rings (SSSR count). The van der Waals surface area contributed by atoms with Crippen molar-refractivity contribution in [1.29, 1.82) is 0 Å². The molecule has 7 atom stereocenters. The molecule has 7 nitrogen and oxygen atoms in total. The second-order valence-corrected chi connectivity index (χ2v) is 7.37. The van der Waals surface area contributed by atoms with Gasteiger partial charge >= 0.3 is 0 Å². The third-order valence-corrected chi connectivity index (χ3v) is 6.62. The highest BCUT2D eigenvalue weighted by atomic mass is 16.6. The van der Waals surface area contributed by atoms with E-state index in [0.29, 0.717) is 11.5 Å². The minimum atomic E-state index is -0.620. The molecule has 0 unspecified atom stereocenters. The first-order chi connectivity index (χ1) is 11.1. The summed E-state index contributed by atoms with van der Waals surface area (Å²) in [5.74, 6) is 5.27. The maximum atomic E-state index is 11.1. The molecule has 0 aliphatic heterocycles. The molecule has 4 fully saturated rings. The predicted octanol–water partition coefficient (Wildman–Crippen LogP) is 2.92. The fourth-order valence-electron chi connectivity index (χ4n) is 5.49. The van der Waals surface area contributed by atoms with Crippen LogP contribution in [0.4, 0.5) is 11.4 Å². The highest BCUT2D eigenvalue weighted by molar-refractivity contribution is 5.48. The van der Waals surface area contributed by atoms with Crippen molar-refractivity contribution in [3.8, 4) is 0 Å². The molecule has 4 aliphatic carbocycles. The van der Waals surface area contributed by atoms with E-state index in [2.05, 4.69) is 0 Å². The number of non-ortho nitro benzene ring substituents is 1. The SMILES string of the molecule is O=[N+]([O-])c1ccc(CO[C@@H]2C[C@H]3[C@H]4[C@@H]5C[C@H]5[C@H]4[C@@H]32)c([N+](=O)[O-])c1. The van der Waals surface area contributed by atoms with Crippen molar-refractivity contribution in [3.63, 3.8) is 0 Å². The maximum absolute atomic E-state index is 11.1. The number of nitro benzene ring substituents is 2. The Bertz CT molecular complexity index is 735. The minimum Gasteiger partial charge on any atom is -0.373 e. The van der Waals surface area contributed by atoms with E-state index < -0.39 is 9.85 Å². The van der Waals surface area contributed by atoms with Crippen LogP contribution in [0.2, 0.25) is 0 Å². The van der Waals surface area contributed by atoms with Crippen molar-refractivity contribution in [1.82, 2.24) is 0 Å². The third-order valence-electron chi connectivity index (χ3n) is 6.62. The summed E-state index contributed by atoms with van der Waals surface area (Å²) in [5.41, 5.74) is -0.0782. The van der Waals surface area contributed by atoms with Gasteiger partial charge in [0.2, 0.25) is 0 Å². The van der Waals surface area contributed by atoms with Crippen LogP contribution in [0.25, 0.3) is 0 Å². The molecule has 1 aromatic carbocycles. The number of nitrogens with zero attached hydrogens (tertiary/aromatic N) is 2. The molecule has 0 radical (unpaired) electrons. The quantitative estimate of drug-likeness (QED) is 0.614. The van der Waals surface area contributed by atoms with Gasteiger partial charge in [-0.2, -0.15) is 0 Å². The molecule has 23 heavy (non-hydrogen) atoms. The predicted molar refractivity (Wildman–Crippen MR) is 78.5 cm³/mol. The Hall–Kier alpha value is -2.02. The van der Waals surface area contributed by atoms with Crippen molar-refractivity contribution in [2.75, 3.05) is 0 Å². The molecule has 0 heterocycles. The second-order valence-electron chi connectivity index (χ2n) is 7.37. The Morgan fingerprint density at radius 2 is 1.78 bits per heavy atom. The maximum Gasteiger partial charge on any atom is 0.281 e. The van der Waals surface area contributed by atoms with Crippen LogP contribution in [0.3, 0.4) is 0 Å². The molecule has 120 valence electrons. The van der Waals surface area contributed by atoms with E-state index in [1.165, 1.54) is 18.6 Å². The summed E-state index contributed by atoms with van der Waals surface area (Å²) in [6, 6.07) is 3.76. The van der Waals surface area contributed by atoms with Crippen LogP contribution < -0.4 is 0 Å². The molecular formula is C16H16N2O5. The van der Waals surface area contributed by atoms with Crippen LogP contribution in [-0.4, -0.2) is 16.0 Å². The average Bonchev–Trinajstić information content (AvgIpc) is 3.20. The highest BCUT2D eigenvalue weighted by Crippen LogP contribution is 2.81. The monoisotopic (exact) mass is 316 g/mol. The summed E-state index contributed by atoms with van der Waals surface area (Å²) in [5, 5.41) is 21.9. The Morgan fingerprint density at radius 1 is 1.00 bits per heavy atom. The Morgan fingerprint density at radius 3 is 2.52 bits per heavy atom. The van der Waals surface area contributed by atoms with Gasteiger partial charge in [-0.15, -0.1) is 0 Å². The molecule has 1 aromatic rings. The van der Waals surface area contributed by atoms with Crippen molar-refractivity contribution in [2.24, 2.45) is 35.5 Å². The van der Waals surface area contributed by atoms with Crippen LogP contribution in [-0.2, 0) is 11.3 Å². The van der Waals surface area contributed by atoms with E-state index in [9.17, 15) is 20.2 Å². The van der Waals surface area contributed by atoms with Crippen LogP contribution in [0.5, 0.6) is 0 Å². The molecule has 0 saturated heterocycles. The van der Waals surface area contributed by atoms with Gasteiger partial charge in [-0.25, -0.2) is 0 Å². The first-order valence-electron chi connectivity index (χ1n) is 8.09. The Balaban J connectivity index is 1.27. The molecular weight excluding hydrogens is 300 g/mol. The van der Waals surface area contributed by atoms with E-state index in [-0.39, 0.29) is 24.1 Å². The molecule has 4 saturated carbocycles. The summed E-state index contributed by atoms with van der Waals surface area (Å²) in [6.07, 6.45) is 2.70. The molecule has 0 N–H and O–H groups in total. The lowest BCUT2D eigenvalue weighted by atomic mass is 9.38. The summed E-state index contributed by atoms with van der Waals surface area (Å²) in [7, 11) is 0. The zero-order chi connectivity index (χ0) is 15.9. The molecule has 0 bridgehead atoms. The van der Waals surface area contributed by atoms with Gasteiger partial charge in [0.15, 0.2) is 0 Å². The van der Waals surface area contributed by atoms with Gasteiger partial charge in [0, 0.05) is 6.07 Å². The normalized spacial score (nSPS) is 41.3. The number of hydrogen-bond donors (Lipinski definition) is 0. The third kappa shape index (κ3) is 1.68. The van der Waals surface area contributed by atoms with Gasteiger partial charge in [0.25, 0.3) is 11.4 Å². The van der Waals surface area contributed by atoms with Crippen LogP contribution in [0.1, 0.15) is 18.4 Å². The molecule has 4 aliphatic rings. The number of nitro groups is 2. The van der Waals surface area contributed by atoms with Crippen LogP contribution in [0, 0.1) is 55.7 Å². The van der Waals surface area contributed by atoms with Crippen LogP contribution in [0.15, 0.2) is 18.2 Å². The fraction of sp³-hybridized carbons (Fsp3) is 0.625. The average molecular weight is 316 g/mol. The summed E-state index contributed by atoms with van der Waals surface area (Å²) in [6.45, 7) is 0.160. The van der Waals surface area contributed by atoms with Gasteiger partial charge in [-0.3, -0.25) is 20.2 Å². The van der Waals surface area contributed by atoms with Crippen molar-refractivity contribution < 1.29 is 14.6 Å². The van der Waals surface area contributed by atoms with Crippen molar-refractivity contribution in [3.05, 3.63) is 44.0 Å². The number of rotatable bonds is 5. The minimum absolute atomic E-state index is 0.160. The van der Waals surface area contributed by atoms with E-state index in [1.54, 1.807) is 0 Å². The number of ether oxygens (including phenoxy) is 1. The molecule has 0 aromatic heterocycles. The topological polar surface area (TPSA) is 95.5 Å². The largest absolute Gasteiger partial charge is 0.373 e. The van der Waals surface area contributed by atoms with E-state index in [0.717, 1.165) is 42.1 Å². The van der Waals surface area contributed by atoms with Gasteiger partial charge < -0.3 is 4.74 Å². The first kappa shape index (κ1) is 13.4. The van der Waals surface area contributed by atoms with E-state index in [4.69, 9.17) is 4.74 Å². The second kappa shape index (κ2) is 4.29. The highest BCUT2D eigenvalue weighted by Gasteiger charge is 2.77. The Labute approximate surface area is 131 Å². The van der Waals surface area contributed by atoms with Crippen LogP contribution >= 0.6 is 0 Å². The zero-order valence-corrected chi connectivity index (χ0v) is 12.3. The number of fused-ring (bicyclic) bond motifs is 7. The van der Waals surface area contributed by atoms with Gasteiger partial charge in [-0.05, 0) is 54.4 Å². The Kier molecular flexibility index (Phi) is 2.50. The van der Waals surface area contributed by atoms with E-state index in [1.807, 2.05) is 0 Å². The van der Waals surface area contributed by atoms with Gasteiger partial charge in [-0.1, -0.05) is 0 Å². The summed E-state index contributed by atoms with van der Waals surface area (Å²) >= 11 is 0. The van der Waals surface area contributed by atoms with Gasteiger partial charge in [0.05, 0.1) is 34.2 Å². The lowest BCUT2D eigenvalue weighted by Gasteiger charge is -2.68. The van der Waals surface area contributed by atoms with Crippen molar-refractivity contribution in [2.45, 2.75) is 25.6 Å². The summed E-state index contributed by atoms with van der Waals surface area (Å²) in [4.78, 5) is 20.7. The number of benzene rings is 1. The molecule has 7 heteroatoms. The smallest absolute Gasteiger partial charge is 0.281 e. The first-order valence-corrected chi connectivity index (χ1v) is 8.09. The van der Waals surface area contributed by atoms with Gasteiger partial charge in [0.1, 0.15) is 0 Å². The number of hydrogen-bond acceptors (Lipinski definition) is 5. The lowest BCUT2D eigenvalue weighted by molar-refractivity contribution is -0.394. The van der Waals surface area contributed by atoms with E-state index >= 15 is 0 Å². The van der Waals surface area contributed by atoms with Crippen molar-refractivity contribution >= 4 is 11.4 Å². The molecule has 0 amide bonds. The standard InChI is InChI=1S/C16H16N2O5/c19-17(20)8-2-1-7(12(3-8)18(21)22)6-23-13-5-11-14-9-4-10(9)16(14)15(11)13/h1-3,9-11,13-16H,4-6H2/t9-,10-,11+,13-,14-,15+,16-/m1/s1. The molecule has 0 spiro atoms. The zero-order valence-electron chi connectivity index (χ0n) is 12.3. The summed E-state index contributed by atoms with van der Waals surface area (Å²) < 4.78 is 5.93. The fourth-order valence-corrected chi connectivity index (χ4v) is 5.49. The lowest BCUT2D eigenvalue weighted by Crippen LogP contribution is -2.67.